The number of rotatable bonds is 3. The first-order chi connectivity index (χ1) is 13.3. The smallest absolute Gasteiger partial charge is 0.343 e. The van der Waals surface area contributed by atoms with Crippen LogP contribution in [-0.2, 0) is 9.59 Å². The van der Waals surface area contributed by atoms with E-state index in [4.69, 9.17) is 4.74 Å². The molecule has 1 aliphatic rings. The molecule has 1 atom stereocenters. The Morgan fingerprint density at radius 1 is 1.14 bits per heavy atom. The van der Waals surface area contributed by atoms with Gasteiger partial charge in [-0.15, -0.1) is 5.10 Å². The fraction of sp³-hybridized carbons (Fsp3) is 0.158. The fourth-order valence-corrected chi connectivity index (χ4v) is 4.07. The predicted molar refractivity (Wildman–Crippen MR) is 110 cm³/mol. The molecule has 0 radical (unpaired) electrons. The molecule has 1 aliphatic heterocycles. The Balaban J connectivity index is 1.79. The van der Waals surface area contributed by atoms with Gasteiger partial charge in [0.1, 0.15) is 11.1 Å². The van der Waals surface area contributed by atoms with Gasteiger partial charge in [-0.2, -0.15) is 0 Å². The third-order valence-electron chi connectivity index (χ3n) is 3.70. The summed E-state index contributed by atoms with van der Waals surface area (Å²) < 4.78 is 6.00. The van der Waals surface area contributed by atoms with Crippen molar-refractivity contribution in [3.05, 3.63) is 64.1 Å². The largest absolute Gasteiger partial charge is 0.422 e. The lowest BCUT2D eigenvalue weighted by atomic mass is 10.2. The molecule has 1 N–H and O–H groups in total. The van der Waals surface area contributed by atoms with E-state index in [1.54, 1.807) is 42.5 Å². The number of benzene rings is 2. The van der Waals surface area contributed by atoms with E-state index in [-0.39, 0.29) is 11.8 Å². The lowest BCUT2D eigenvalue weighted by molar-refractivity contribution is -0.129. The average Bonchev–Trinajstić information content (AvgIpc) is 3.07. The highest BCUT2D eigenvalue weighted by Gasteiger charge is 2.32. The first-order valence-electron chi connectivity index (χ1n) is 8.24. The molecule has 0 saturated carbocycles. The van der Waals surface area contributed by atoms with Crippen LogP contribution in [0.1, 0.15) is 35.1 Å². The maximum Gasteiger partial charge on any atom is 0.343 e. The number of carbonyl (C=O) groups is 3. The van der Waals surface area contributed by atoms with Crippen molar-refractivity contribution < 1.29 is 19.1 Å². The molecule has 0 unspecified atom stereocenters. The molecule has 0 saturated heterocycles. The van der Waals surface area contributed by atoms with Gasteiger partial charge in [-0.05, 0) is 45.8 Å². The summed E-state index contributed by atoms with van der Waals surface area (Å²) in [6.45, 7) is 2.78. The summed E-state index contributed by atoms with van der Waals surface area (Å²) >= 11 is 4.66. The van der Waals surface area contributed by atoms with Crippen molar-refractivity contribution in [1.29, 1.82) is 0 Å². The minimum Gasteiger partial charge on any atom is -0.422 e. The van der Waals surface area contributed by atoms with E-state index in [1.165, 1.54) is 30.6 Å². The molecule has 1 heterocycles. The predicted octanol–water partition coefficient (Wildman–Crippen LogP) is 3.67. The third-order valence-corrected chi connectivity index (χ3v) is 5.42. The van der Waals surface area contributed by atoms with Gasteiger partial charge < -0.3 is 10.1 Å². The van der Waals surface area contributed by atoms with Crippen LogP contribution < -0.4 is 10.1 Å². The van der Waals surface area contributed by atoms with Crippen LogP contribution in [0.25, 0.3) is 0 Å². The standard InChI is InChI=1S/C19H16BrN3O4S/c1-11(24)21-19-22-23(12(2)25)17(28-19)14-8-9-16(15(20)10-14)27-18(26)13-6-4-3-5-7-13/h3-10,17H,1-2H3,(H,21,22,24)/t17-/m1/s1. The zero-order chi connectivity index (χ0) is 20.3. The lowest BCUT2D eigenvalue weighted by Gasteiger charge is -2.20. The Morgan fingerprint density at radius 2 is 1.86 bits per heavy atom. The zero-order valence-electron chi connectivity index (χ0n) is 15.0. The Bertz CT molecular complexity index is 965. The minimum atomic E-state index is -0.467. The molecule has 2 aromatic carbocycles. The van der Waals surface area contributed by atoms with Gasteiger partial charge >= 0.3 is 5.97 Å². The summed E-state index contributed by atoms with van der Waals surface area (Å²) in [6, 6.07) is 13.8. The second-order valence-electron chi connectivity index (χ2n) is 5.87. The summed E-state index contributed by atoms with van der Waals surface area (Å²) in [6.07, 6.45) is 0. The number of halogens is 1. The average molecular weight is 462 g/mol. The Hall–Kier alpha value is -2.65. The topological polar surface area (TPSA) is 88.1 Å². The van der Waals surface area contributed by atoms with E-state index >= 15 is 0 Å². The van der Waals surface area contributed by atoms with Crippen LogP contribution in [0.15, 0.2) is 58.1 Å². The summed E-state index contributed by atoms with van der Waals surface area (Å²) in [7, 11) is 0. The summed E-state index contributed by atoms with van der Waals surface area (Å²) in [5.41, 5.74) is 1.21. The number of nitrogens with one attached hydrogen (secondary N) is 1. The van der Waals surface area contributed by atoms with E-state index in [2.05, 4.69) is 26.3 Å². The molecule has 0 spiro atoms. The van der Waals surface area contributed by atoms with Gasteiger partial charge in [-0.25, -0.2) is 9.80 Å². The molecule has 2 amide bonds. The second-order valence-corrected chi connectivity index (χ2v) is 7.79. The van der Waals surface area contributed by atoms with Crippen LogP contribution in [0.5, 0.6) is 5.75 Å². The monoisotopic (exact) mass is 461 g/mol. The number of ether oxygens (including phenoxy) is 1. The van der Waals surface area contributed by atoms with E-state index in [1.807, 2.05) is 6.07 Å². The minimum absolute atomic E-state index is 0.256. The number of esters is 1. The highest BCUT2D eigenvalue weighted by molar-refractivity contribution is 9.10. The summed E-state index contributed by atoms with van der Waals surface area (Å²) in [4.78, 5) is 35.4. The molecular formula is C19H16BrN3O4S. The third kappa shape index (κ3) is 4.60. The van der Waals surface area contributed by atoms with Crippen molar-refractivity contribution in [1.82, 2.24) is 10.3 Å². The summed E-state index contributed by atoms with van der Waals surface area (Å²) in [5, 5.41) is 7.97. The van der Waals surface area contributed by atoms with Gasteiger partial charge in [0, 0.05) is 13.8 Å². The van der Waals surface area contributed by atoms with Crippen molar-refractivity contribution in [2.75, 3.05) is 0 Å². The SMILES string of the molecule is CC(=O)NC1=NN(C(C)=O)[C@@H](c2ccc(OC(=O)c3ccccc3)c(Br)c2)S1. The highest BCUT2D eigenvalue weighted by atomic mass is 79.9. The molecular weight excluding hydrogens is 446 g/mol. The van der Waals surface area contributed by atoms with Crippen LogP contribution in [0.3, 0.4) is 0 Å². The molecule has 7 nitrogen and oxygen atoms in total. The van der Waals surface area contributed by atoms with E-state index in [9.17, 15) is 14.4 Å². The number of amides is 2. The Morgan fingerprint density at radius 3 is 2.46 bits per heavy atom. The molecule has 144 valence electrons. The summed E-state index contributed by atoms with van der Waals surface area (Å²) in [5.74, 6) is -0.628. The Labute approximate surface area is 174 Å². The normalized spacial score (nSPS) is 15.8. The van der Waals surface area contributed by atoms with Crippen LogP contribution in [0, 0.1) is 0 Å². The molecule has 2 aromatic rings. The first-order valence-corrected chi connectivity index (χ1v) is 9.91. The van der Waals surface area contributed by atoms with Gasteiger partial charge in [0.15, 0.2) is 5.17 Å². The van der Waals surface area contributed by atoms with Gasteiger partial charge in [0.25, 0.3) is 0 Å². The van der Waals surface area contributed by atoms with Crippen molar-refractivity contribution in [2.24, 2.45) is 5.10 Å². The Kier molecular flexibility index (Phi) is 6.15. The number of hydrogen-bond acceptors (Lipinski definition) is 6. The molecule has 0 aromatic heterocycles. The van der Waals surface area contributed by atoms with Crippen LogP contribution in [0.4, 0.5) is 0 Å². The second kappa shape index (κ2) is 8.57. The van der Waals surface area contributed by atoms with Crippen LogP contribution >= 0.6 is 27.7 Å². The zero-order valence-corrected chi connectivity index (χ0v) is 17.4. The lowest BCUT2D eigenvalue weighted by Crippen LogP contribution is -2.25. The van der Waals surface area contributed by atoms with Crippen molar-refractivity contribution in [2.45, 2.75) is 19.2 Å². The molecule has 0 fully saturated rings. The maximum atomic E-state index is 12.2. The quantitative estimate of drug-likeness (QED) is 0.556. The number of nitrogens with zero attached hydrogens (tertiary/aromatic N) is 2. The highest BCUT2D eigenvalue weighted by Crippen LogP contribution is 2.41. The van der Waals surface area contributed by atoms with E-state index in [0.29, 0.717) is 21.0 Å². The van der Waals surface area contributed by atoms with Crippen molar-refractivity contribution >= 4 is 50.6 Å². The first kappa shape index (κ1) is 20.1. The number of carbonyl (C=O) groups excluding carboxylic acids is 3. The molecule has 0 aliphatic carbocycles. The van der Waals surface area contributed by atoms with Gasteiger partial charge in [-0.1, -0.05) is 36.0 Å². The van der Waals surface area contributed by atoms with E-state index < -0.39 is 11.3 Å². The van der Waals surface area contributed by atoms with Gasteiger partial charge in [0.05, 0.1) is 10.0 Å². The maximum absolute atomic E-state index is 12.2. The number of hydrazone groups is 1. The van der Waals surface area contributed by atoms with Crippen LogP contribution in [0.2, 0.25) is 0 Å². The van der Waals surface area contributed by atoms with Crippen molar-refractivity contribution in [3.8, 4) is 5.75 Å². The van der Waals surface area contributed by atoms with Gasteiger partial charge in [-0.3, -0.25) is 9.59 Å². The van der Waals surface area contributed by atoms with Crippen molar-refractivity contribution in [3.63, 3.8) is 0 Å². The molecule has 3 rings (SSSR count). The fourth-order valence-electron chi connectivity index (χ4n) is 2.47. The molecule has 9 heteroatoms. The van der Waals surface area contributed by atoms with Crippen LogP contribution in [-0.4, -0.2) is 28.0 Å². The van der Waals surface area contributed by atoms with E-state index in [0.717, 1.165) is 5.56 Å². The number of amidine groups is 1. The number of thioether (sulfide) groups is 1. The van der Waals surface area contributed by atoms with Gasteiger partial charge in [0.2, 0.25) is 11.8 Å². The number of hydrogen-bond donors (Lipinski definition) is 1. The molecule has 28 heavy (non-hydrogen) atoms. The molecule has 0 bridgehead atoms.